The van der Waals surface area contributed by atoms with E-state index in [0.717, 1.165) is 23.8 Å². The minimum atomic E-state index is 0.185. The molecule has 1 aliphatic rings. The normalized spacial score (nSPS) is 15.1. The summed E-state index contributed by atoms with van der Waals surface area (Å²) in [5, 5.41) is 8.77. The molecule has 0 spiro atoms. The van der Waals surface area contributed by atoms with E-state index >= 15 is 0 Å². The second kappa shape index (κ2) is 5.87. The zero-order valence-electron chi connectivity index (χ0n) is 9.39. The molecule has 1 fully saturated rings. The number of aliphatic hydroxyl groups is 1. The smallest absolute Gasteiger partial charge is 0.189 e. The molecule has 0 aromatic heterocycles. The number of ether oxygens (including phenoxy) is 2. The van der Waals surface area contributed by atoms with Crippen molar-refractivity contribution in [1.82, 2.24) is 0 Å². The van der Waals surface area contributed by atoms with Gasteiger partial charge in [-0.15, -0.1) is 0 Å². The summed E-state index contributed by atoms with van der Waals surface area (Å²) in [6, 6.07) is 7.75. The standard InChI is InChI=1S/C13H18O3/c14-8-7-11-3-5-13(6-4-11)16-10-15-9-12-1-2-12/h3-6,12,14H,1-2,7-10H2. The van der Waals surface area contributed by atoms with Crippen LogP contribution in [0.25, 0.3) is 0 Å². The monoisotopic (exact) mass is 222 g/mol. The maximum absolute atomic E-state index is 8.77. The molecule has 2 rings (SSSR count). The Morgan fingerprint density at radius 1 is 1.19 bits per heavy atom. The predicted molar refractivity (Wildman–Crippen MR) is 61.4 cm³/mol. The lowest BCUT2D eigenvalue weighted by atomic mass is 10.1. The van der Waals surface area contributed by atoms with Crippen molar-refractivity contribution in [2.24, 2.45) is 5.92 Å². The largest absolute Gasteiger partial charge is 0.468 e. The summed E-state index contributed by atoms with van der Waals surface area (Å²) in [6.45, 7) is 1.34. The molecule has 88 valence electrons. The van der Waals surface area contributed by atoms with Gasteiger partial charge in [-0.25, -0.2) is 0 Å². The fourth-order valence-electron chi connectivity index (χ4n) is 1.49. The molecule has 0 atom stereocenters. The first-order valence-corrected chi connectivity index (χ1v) is 5.79. The van der Waals surface area contributed by atoms with E-state index in [9.17, 15) is 0 Å². The molecule has 1 aliphatic carbocycles. The van der Waals surface area contributed by atoms with Gasteiger partial charge in [-0.05, 0) is 42.9 Å². The molecule has 0 unspecified atom stereocenters. The van der Waals surface area contributed by atoms with E-state index in [1.165, 1.54) is 12.8 Å². The molecule has 0 heterocycles. The van der Waals surface area contributed by atoms with E-state index in [-0.39, 0.29) is 6.61 Å². The van der Waals surface area contributed by atoms with Crippen molar-refractivity contribution in [2.45, 2.75) is 19.3 Å². The Morgan fingerprint density at radius 3 is 2.56 bits per heavy atom. The van der Waals surface area contributed by atoms with Gasteiger partial charge in [0.25, 0.3) is 0 Å². The van der Waals surface area contributed by atoms with Crippen LogP contribution < -0.4 is 4.74 Å². The van der Waals surface area contributed by atoms with Crippen molar-refractivity contribution in [1.29, 1.82) is 0 Å². The summed E-state index contributed by atoms with van der Waals surface area (Å²) in [5.74, 6) is 1.59. The molecule has 0 aliphatic heterocycles. The topological polar surface area (TPSA) is 38.7 Å². The van der Waals surface area contributed by atoms with E-state index in [4.69, 9.17) is 14.6 Å². The number of hydrogen-bond acceptors (Lipinski definition) is 3. The molecule has 0 amide bonds. The summed E-state index contributed by atoms with van der Waals surface area (Å²) < 4.78 is 10.8. The SMILES string of the molecule is OCCc1ccc(OCOCC2CC2)cc1. The van der Waals surface area contributed by atoms with E-state index in [0.29, 0.717) is 13.2 Å². The Hall–Kier alpha value is -1.06. The number of hydrogen-bond donors (Lipinski definition) is 1. The van der Waals surface area contributed by atoms with Crippen LogP contribution in [0.3, 0.4) is 0 Å². The van der Waals surface area contributed by atoms with E-state index in [1.54, 1.807) is 0 Å². The van der Waals surface area contributed by atoms with Crippen LogP contribution in [0, 0.1) is 5.92 Å². The summed E-state index contributed by atoms with van der Waals surface area (Å²) in [7, 11) is 0. The molecule has 0 bridgehead atoms. The molecule has 16 heavy (non-hydrogen) atoms. The molecule has 0 saturated heterocycles. The first-order valence-electron chi connectivity index (χ1n) is 5.79. The van der Waals surface area contributed by atoms with Crippen LogP contribution in [0.5, 0.6) is 5.75 Å². The number of aliphatic hydroxyl groups excluding tert-OH is 1. The highest BCUT2D eigenvalue weighted by molar-refractivity contribution is 5.27. The average Bonchev–Trinajstić information content (AvgIpc) is 3.11. The highest BCUT2D eigenvalue weighted by Gasteiger charge is 2.20. The van der Waals surface area contributed by atoms with Gasteiger partial charge in [0.2, 0.25) is 0 Å². The van der Waals surface area contributed by atoms with Crippen LogP contribution in [0.1, 0.15) is 18.4 Å². The Kier molecular flexibility index (Phi) is 4.19. The maximum atomic E-state index is 8.77. The van der Waals surface area contributed by atoms with E-state index in [1.807, 2.05) is 24.3 Å². The third-order valence-electron chi connectivity index (χ3n) is 2.68. The lowest BCUT2D eigenvalue weighted by Crippen LogP contribution is -2.05. The minimum Gasteiger partial charge on any atom is -0.468 e. The van der Waals surface area contributed by atoms with Crippen LogP contribution >= 0.6 is 0 Å². The number of benzene rings is 1. The maximum Gasteiger partial charge on any atom is 0.189 e. The highest BCUT2D eigenvalue weighted by atomic mass is 16.7. The van der Waals surface area contributed by atoms with Crippen LogP contribution in [0.2, 0.25) is 0 Å². The fraction of sp³-hybridized carbons (Fsp3) is 0.538. The zero-order chi connectivity index (χ0) is 11.2. The van der Waals surface area contributed by atoms with Crippen molar-refractivity contribution in [3.05, 3.63) is 29.8 Å². The zero-order valence-corrected chi connectivity index (χ0v) is 9.39. The molecular weight excluding hydrogens is 204 g/mol. The van der Waals surface area contributed by atoms with Gasteiger partial charge in [0, 0.05) is 6.61 Å². The Morgan fingerprint density at radius 2 is 1.94 bits per heavy atom. The van der Waals surface area contributed by atoms with Crippen LogP contribution in [-0.4, -0.2) is 25.1 Å². The summed E-state index contributed by atoms with van der Waals surface area (Å²) in [5.41, 5.74) is 1.12. The van der Waals surface area contributed by atoms with Crippen molar-refractivity contribution >= 4 is 0 Å². The molecule has 0 radical (unpaired) electrons. The number of rotatable bonds is 7. The minimum absolute atomic E-state index is 0.185. The second-order valence-electron chi connectivity index (χ2n) is 4.19. The summed E-state index contributed by atoms with van der Waals surface area (Å²) in [6.07, 6.45) is 3.30. The third kappa shape index (κ3) is 3.83. The van der Waals surface area contributed by atoms with Crippen LogP contribution in [0.15, 0.2) is 24.3 Å². The van der Waals surface area contributed by atoms with Gasteiger partial charge in [0.05, 0.1) is 6.61 Å². The summed E-state index contributed by atoms with van der Waals surface area (Å²) >= 11 is 0. The quantitative estimate of drug-likeness (QED) is 0.566. The molecule has 1 saturated carbocycles. The highest BCUT2D eigenvalue weighted by Crippen LogP contribution is 2.28. The lowest BCUT2D eigenvalue weighted by molar-refractivity contribution is 0.00997. The second-order valence-corrected chi connectivity index (χ2v) is 4.19. The van der Waals surface area contributed by atoms with Crippen LogP contribution in [-0.2, 0) is 11.2 Å². The first-order chi connectivity index (χ1) is 7.88. The fourth-order valence-corrected chi connectivity index (χ4v) is 1.49. The molecule has 1 N–H and O–H groups in total. The van der Waals surface area contributed by atoms with Gasteiger partial charge in [-0.2, -0.15) is 0 Å². The molecular formula is C13H18O3. The van der Waals surface area contributed by atoms with Crippen LogP contribution in [0.4, 0.5) is 0 Å². The van der Waals surface area contributed by atoms with E-state index < -0.39 is 0 Å². The summed E-state index contributed by atoms with van der Waals surface area (Å²) in [4.78, 5) is 0. The molecule has 1 aromatic carbocycles. The Labute approximate surface area is 96.0 Å². The lowest BCUT2D eigenvalue weighted by Gasteiger charge is -2.07. The predicted octanol–water partition coefficient (Wildman–Crippen LogP) is 1.98. The van der Waals surface area contributed by atoms with Crippen molar-refractivity contribution in [3.63, 3.8) is 0 Å². The molecule has 3 heteroatoms. The van der Waals surface area contributed by atoms with Crippen molar-refractivity contribution < 1.29 is 14.6 Å². The molecule has 3 nitrogen and oxygen atoms in total. The average molecular weight is 222 g/mol. The third-order valence-corrected chi connectivity index (χ3v) is 2.68. The first kappa shape index (κ1) is 11.4. The molecule has 1 aromatic rings. The Bertz CT molecular complexity index is 303. The van der Waals surface area contributed by atoms with E-state index in [2.05, 4.69) is 0 Å². The van der Waals surface area contributed by atoms with Crippen molar-refractivity contribution in [2.75, 3.05) is 20.0 Å². The van der Waals surface area contributed by atoms with Gasteiger partial charge in [0.1, 0.15) is 5.75 Å². The van der Waals surface area contributed by atoms with Gasteiger partial charge in [-0.3, -0.25) is 0 Å². The Balaban J connectivity index is 1.67. The van der Waals surface area contributed by atoms with Gasteiger partial charge < -0.3 is 14.6 Å². The van der Waals surface area contributed by atoms with Gasteiger partial charge in [0.15, 0.2) is 6.79 Å². The van der Waals surface area contributed by atoms with Gasteiger partial charge >= 0.3 is 0 Å². The van der Waals surface area contributed by atoms with Gasteiger partial charge in [-0.1, -0.05) is 12.1 Å². The van der Waals surface area contributed by atoms with Crippen molar-refractivity contribution in [3.8, 4) is 5.75 Å².